The zero-order valence-corrected chi connectivity index (χ0v) is 15.7. The number of hydrogen-bond donors (Lipinski definition) is 2. The Morgan fingerprint density at radius 2 is 1.78 bits per heavy atom. The van der Waals surface area contributed by atoms with E-state index in [1.54, 1.807) is 12.1 Å². The van der Waals surface area contributed by atoms with Crippen LogP contribution in [0.15, 0.2) is 57.5 Å². The van der Waals surface area contributed by atoms with Crippen LogP contribution in [-0.2, 0) is 0 Å². The van der Waals surface area contributed by atoms with Gasteiger partial charge in [-0.25, -0.2) is 4.98 Å². The lowest BCUT2D eigenvalue weighted by atomic mass is 10.1. The average molecular weight is 453 g/mol. The van der Waals surface area contributed by atoms with Crippen LogP contribution in [0.2, 0.25) is 0 Å². The third kappa shape index (κ3) is 3.80. The van der Waals surface area contributed by atoms with Crippen LogP contribution in [-0.4, -0.2) is 10.8 Å². The molecule has 1 heterocycles. The summed E-state index contributed by atoms with van der Waals surface area (Å²) in [4.78, 5) is 17.2. The van der Waals surface area contributed by atoms with Gasteiger partial charge in [0.1, 0.15) is 10.7 Å². The SMILES string of the molecule is Nc1nc(Nc2cccc(Br)c2)sc1C(=O)c1cccc(Br)c1. The van der Waals surface area contributed by atoms with Gasteiger partial charge in [-0.1, -0.05) is 61.4 Å². The molecule has 23 heavy (non-hydrogen) atoms. The number of benzene rings is 2. The van der Waals surface area contributed by atoms with Crippen molar-refractivity contribution in [2.24, 2.45) is 0 Å². The van der Waals surface area contributed by atoms with Crippen LogP contribution in [0, 0.1) is 0 Å². The Bertz CT molecular complexity index is 879. The molecule has 2 aromatic carbocycles. The molecule has 4 nitrogen and oxygen atoms in total. The van der Waals surface area contributed by atoms with Gasteiger partial charge < -0.3 is 11.1 Å². The molecule has 0 fully saturated rings. The Labute approximate surface area is 154 Å². The molecule has 0 bridgehead atoms. The molecule has 0 atom stereocenters. The van der Waals surface area contributed by atoms with Crippen LogP contribution in [0.5, 0.6) is 0 Å². The highest BCUT2D eigenvalue weighted by Gasteiger charge is 2.18. The number of nitrogens with two attached hydrogens (primary N) is 1. The molecule has 3 rings (SSSR count). The Morgan fingerprint density at radius 1 is 1.09 bits per heavy atom. The molecule has 0 radical (unpaired) electrons. The number of nitrogens with zero attached hydrogens (tertiary/aromatic N) is 1. The van der Waals surface area contributed by atoms with E-state index in [9.17, 15) is 4.79 Å². The summed E-state index contributed by atoms with van der Waals surface area (Å²) in [5.41, 5.74) is 7.36. The van der Waals surface area contributed by atoms with Crippen molar-refractivity contribution in [3.05, 3.63) is 67.9 Å². The molecule has 0 aliphatic carbocycles. The number of anilines is 3. The summed E-state index contributed by atoms with van der Waals surface area (Å²) < 4.78 is 1.80. The fraction of sp³-hybridized carbons (Fsp3) is 0. The molecule has 0 spiro atoms. The summed E-state index contributed by atoms with van der Waals surface area (Å²) in [7, 11) is 0. The zero-order chi connectivity index (χ0) is 16.4. The second-order valence-electron chi connectivity index (χ2n) is 4.71. The minimum absolute atomic E-state index is 0.136. The number of nitrogen functional groups attached to an aromatic ring is 1. The Kier molecular flexibility index (Phi) is 4.79. The smallest absolute Gasteiger partial charge is 0.206 e. The number of carbonyl (C=O) groups is 1. The quantitative estimate of drug-likeness (QED) is 0.532. The predicted molar refractivity (Wildman–Crippen MR) is 102 cm³/mol. The summed E-state index contributed by atoms with van der Waals surface area (Å²) in [6.45, 7) is 0. The minimum atomic E-state index is -0.136. The molecule has 0 unspecified atom stereocenters. The summed E-state index contributed by atoms with van der Waals surface area (Å²) >= 11 is 8.02. The number of halogens is 2. The molecule has 7 heteroatoms. The number of ketones is 1. The van der Waals surface area contributed by atoms with Crippen molar-refractivity contribution in [2.45, 2.75) is 0 Å². The molecular formula is C16H11Br2N3OS. The number of thiazole rings is 1. The van der Waals surface area contributed by atoms with Gasteiger partial charge in [-0.3, -0.25) is 4.79 Å². The standard InChI is InChI=1S/C16H11Br2N3OS/c17-10-4-1-3-9(7-10)13(22)14-15(19)21-16(23-14)20-12-6-2-5-11(18)8-12/h1-8H,19H2,(H,20,21). The number of rotatable bonds is 4. The second-order valence-corrected chi connectivity index (χ2v) is 7.54. The van der Waals surface area contributed by atoms with Gasteiger partial charge in [-0.05, 0) is 30.3 Å². The van der Waals surface area contributed by atoms with E-state index in [0.717, 1.165) is 14.6 Å². The highest BCUT2D eigenvalue weighted by molar-refractivity contribution is 9.10. The largest absolute Gasteiger partial charge is 0.382 e. The maximum absolute atomic E-state index is 12.6. The van der Waals surface area contributed by atoms with Crippen molar-refractivity contribution in [1.29, 1.82) is 0 Å². The third-order valence-corrected chi connectivity index (χ3v) is 4.99. The van der Waals surface area contributed by atoms with Crippen molar-refractivity contribution < 1.29 is 4.79 Å². The normalized spacial score (nSPS) is 10.5. The minimum Gasteiger partial charge on any atom is -0.382 e. The van der Waals surface area contributed by atoms with Gasteiger partial charge in [0.05, 0.1) is 0 Å². The third-order valence-electron chi connectivity index (χ3n) is 3.02. The fourth-order valence-electron chi connectivity index (χ4n) is 2.00. The van der Waals surface area contributed by atoms with Crippen molar-refractivity contribution in [2.75, 3.05) is 11.1 Å². The number of hydrogen-bond acceptors (Lipinski definition) is 5. The van der Waals surface area contributed by atoms with E-state index in [2.05, 4.69) is 42.2 Å². The zero-order valence-electron chi connectivity index (χ0n) is 11.7. The van der Waals surface area contributed by atoms with Gasteiger partial charge in [0.15, 0.2) is 5.13 Å². The van der Waals surface area contributed by atoms with Crippen LogP contribution < -0.4 is 11.1 Å². The van der Waals surface area contributed by atoms with E-state index >= 15 is 0 Å². The van der Waals surface area contributed by atoms with Gasteiger partial charge in [-0.15, -0.1) is 0 Å². The van der Waals surface area contributed by atoms with Crippen LogP contribution >= 0.6 is 43.2 Å². The number of nitrogens with one attached hydrogen (secondary N) is 1. The average Bonchev–Trinajstić information content (AvgIpc) is 2.87. The lowest BCUT2D eigenvalue weighted by molar-refractivity contribution is 0.104. The lowest BCUT2D eigenvalue weighted by Gasteiger charge is -2.02. The van der Waals surface area contributed by atoms with E-state index in [-0.39, 0.29) is 11.6 Å². The Morgan fingerprint density at radius 3 is 2.48 bits per heavy atom. The van der Waals surface area contributed by atoms with Crippen molar-refractivity contribution >= 4 is 65.6 Å². The topological polar surface area (TPSA) is 68.0 Å². The summed E-state index contributed by atoms with van der Waals surface area (Å²) in [5.74, 6) is 0.0982. The summed E-state index contributed by atoms with van der Waals surface area (Å²) in [5, 5.41) is 3.74. The highest BCUT2D eigenvalue weighted by atomic mass is 79.9. The summed E-state index contributed by atoms with van der Waals surface area (Å²) in [6.07, 6.45) is 0. The van der Waals surface area contributed by atoms with Gasteiger partial charge >= 0.3 is 0 Å². The van der Waals surface area contributed by atoms with E-state index in [0.29, 0.717) is 15.6 Å². The molecule has 0 amide bonds. The molecular weight excluding hydrogens is 442 g/mol. The van der Waals surface area contributed by atoms with E-state index < -0.39 is 0 Å². The van der Waals surface area contributed by atoms with E-state index in [1.165, 1.54) is 11.3 Å². The Balaban J connectivity index is 1.87. The molecule has 3 N–H and O–H groups in total. The maximum Gasteiger partial charge on any atom is 0.206 e. The van der Waals surface area contributed by atoms with Gasteiger partial charge in [0.25, 0.3) is 0 Å². The molecule has 0 aliphatic rings. The first-order valence-corrected chi connectivity index (χ1v) is 9.02. The van der Waals surface area contributed by atoms with Crippen LogP contribution in [0.25, 0.3) is 0 Å². The first-order valence-electron chi connectivity index (χ1n) is 6.62. The van der Waals surface area contributed by atoms with Crippen molar-refractivity contribution in [3.63, 3.8) is 0 Å². The maximum atomic E-state index is 12.6. The van der Waals surface area contributed by atoms with E-state index in [4.69, 9.17) is 5.73 Å². The van der Waals surface area contributed by atoms with Crippen LogP contribution in [0.4, 0.5) is 16.6 Å². The van der Waals surface area contributed by atoms with Gasteiger partial charge in [0, 0.05) is 20.2 Å². The van der Waals surface area contributed by atoms with Crippen molar-refractivity contribution in [1.82, 2.24) is 4.98 Å². The lowest BCUT2D eigenvalue weighted by Crippen LogP contribution is -2.02. The van der Waals surface area contributed by atoms with Gasteiger partial charge in [0.2, 0.25) is 5.78 Å². The molecule has 116 valence electrons. The molecule has 3 aromatic rings. The van der Waals surface area contributed by atoms with Crippen molar-refractivity contribution in [3.8, 4) is 0 Å². The molecule has 0 saturated carbocycles. The first kappa shape index (κ1) is 16.2. The first-order chi connectivity index (χ1) is 11.0. The predicted octanol–water partition coefficient (Wildman–Crippen LogP) is 5.22. The number of carbonyl (C=O) groups excluding carboxylic acids is 1. The highest BCUT2D eigenvalue weighted by Crippen LogP contribution is 2.30. The monoisotopic (exact) mass is 451 g/mol. The molecule has 0 saturated heterocycles. The second kappa shape index (κ2) is 6.82. The number of aromatic nitrogens is 1. The molecule has 1 aromatic heterocycles. The van der Waals surface area contributed by atoms with Crippen LogP contribution in [0.1, 0.15) is 15.2 Å². The van der Waals surface area contributed by atoms with Crippen LogP contribution in [0.3, 0.4) is 0 Å². The van der Waals surface area contributed by atoms with Gasteiger partial charge in [-0.2, -0.15) is 0 Å². The fourth-order valence-corrected chi connectivity index (χ4v) is 3.66. The summed E-state index contributed by atoms with van der Waals surface area (Å²) in [6, 6.07) is 14.9. The van der Waals surface area contributed by atoms with E-state index in [1.807, 2.05) is 36.4 Å². The molecule has 0 aliphatic heterocycles. The Hall–Kier alpha value is -1.70.